The summed E-state index contributed by atoms with van der Waals surface area (Å²) in [7, 11) is 0. The smallest absolute Gasteiger partial charge is 0.159 e. The molecule has 0 atom stereocenters. The summed E-state index contributed by atoms with van der Waals surface area (Å²) in [5, 5.41) is 10.5. The molecule has 0 aliphatic carbocycles. The highest BCUT2D eigenvalue weighted by Gasteiger charge is 2.28. The molecule has 2 heterocycles. The first-order chi connectivity index (χ1) is 32.5. The maximum atomic E-state index is 7.06. The Kier molecular flexibility index (Phi) is 10.1. The SMILES string of the molecule is C=Cc1c(/C(=C\C)C(C)C)oc2c(N(c3ccc(C)cc3C)c3ccc4ccc5c(N(c6ccc(C)cc6C)c6cccc7c6oc6c(C(C)C)cccc67)ccc6ccc3c4c65)cccc12. The van der Waals surface area contributed by atoms with E-state index < -0.39 is 0 Å². The number of anilines is 6. The number of aryl methyl sites for hydroxylation is 4. The predicted octanol–water partition coefficient (Wildman–Crippen LogP) is 19.2. The van der Waals surface area contributed by atoms with E-state index in [-0.39, 0.29) is 5.92 Å². The predicted molar refractivity (Wildman–Crippen MR) is 288 cm³/mol. The van der Waals surface area contributed by atoms with Gasteiger partial charge in [0.2, 0.25) is 0 Å². The van der Waals surface area contributed by atoms with Crippen LogP contribution in [0.3, 0.4) is 0 Å². The molecule has 0 N–H and O–H groups in total. The molecule has 9 aromatic carbocycles. The number of allylic oxidation sites excluding steroid dienone is 2. The molecule has 67 heavy (non-hydrogen) atoms. The van der Waals surface area contributed by atoms with Crippen molar-refractivity contribution in [1.29, 1.82) is 0 Å². The van der Waals surface area contributed by atoms with Crippen LogP contribution in [0.1, 0.15) is 79.7 Å². The quantitative estimate of drug-likeness (QED) is 0.128. The standard InChI is InChI=1S/C63H56N2O2/c1-11-44(36(3)4)60-45(12-2)47-18-14-20-56(62(47)66-60)64(52-30-22-38(7)34-40(52)9)54-32-26-42-25-29-51-55(33-27-43-24-28-50(54)58(42)59(43)51)65(53-31-23-39(8)35-41(53)10)57-21-15-19-49-48-17-13-16-46(37(5)6)61(48)67-63(49)57/h11-37H,2H2,1,3-10H3/b44-11-. The van der Waals surface area contributed by atoms with Gasteiger partial charge in [-0.05, 0) is 127 Å². The van der Waals surface area contributed by atoms with Gasteiger partial charge in [0.15, 0.2) is 11.2 Å². The van der Waals surface area contributed by atoms with Gasteiger partial charge < -0.3 is 18.6 Å². The lowest BCUT2D eigenvalue weighted by atomic mass is 9.91. The lowest BCUT2D eigenvalue weighted by Gasteiger charge is -2.30. The molecule has 330 valence electrons. The first-order valence-corrected chi connectivity index (χ1v) is 23.7. The summed E-state index contributed by atoms with van der Waals surface area (Å²) in [6, 6.07) is 51.6. The van der Waals surface area contributed by atoms with Gasteiger partial charge in [-0.3, -0.25) is 0 Å². The van der Waals surface area contributed by atoms with Crippen molar-refractivity contribution in [3.8, 4) is 0 Å². The highest BCUT2D eigenvalue weighted by Crippen LogP contribution is 2.51. The van der Waals surface area contributed by atoms with Gasteiger partial charge in [-0.2, -0.15) is 0 Å². The third kappa shape index (κ3) is 6.56. The summed E-state index contributed by atoms with van der Waals surface area (Å²) in [6.07, 6.45) is 4.12. The summed E-state index contributed by atoms with van der Waals surface area (Å²) in [5.74, 6) is 1.48. The Morgan fingerprint density at radius 3 is 1.46 bits per heavy atom. The van der Waals surface area contributed by atoms with Crippen LogP contribution >= 0.6 is 0 Å². The number of rotatable bonds is 10. The Bertz CT molecular complexity index is 3800. The van der Waals surface area contributed by atoms with E-state index in [0.29, 0.717) is 5.92 Å². The maximum absolute atomic E-state index is 7.06. The number of hydrogen-bond donors (Lipinski definition) is 0. The lowest BCUT2D eigenvalue weighted by Crippen LogP contribution is -2.13. The molecular weight excluding hydrogens is 817 g/mol. The van der Waals surface area contributed by atoms with Crippen molar-refractivity contribution in [1.82, 2.24) is 0 Å². The molecule has 11 rings (SSSR count). The number of para-hydroxylation sites is 3. The third-order valence-electron chi connectivity index (χ3n) is 14.1. The van der Waals surface area contributed by atoms with Gasteiger partial charge in [0.25, 0.3) is 0 Å². The first kappa shape index (κ1) is 42.1. The van der Waals surface area contributed by atoms with E-state index in [1.165, 1.54) is 60.3 Å². The van der Waals surface area contributed by atoms with E-state index in [1.807, 2.05) is 6.08 Å². The molecular formula is C63H56N2O2. The number of fused-ring (bicyclic) bond motifs is 4. The van der Waals surface area contributed by atoms with E-state index >= 15 is 0 Å². The van der Waals surface area contributed by atoms with Crippen LogP contribution in [0.15, 0.2) is 161 Å². The van der Waals surface area contributed by atoms with Crippen molar-refractivity contribution in [3.63, 3.8) is 0 Å². The molecule has 0 saturated carbocycles. The number of nitrogens with zero attached hydrogens (tertiary/aromatic N) is 2. The Hall–Kier alpha value is -7.56. The highest BCUT2D eigenvalue weighted by atomic mass is 16.3. The van der Waals surface area contributed by atoms with Crippen LogP contribution in [0, 0.1) is 33.6 Å². The van der Waals surface area contributed by atoms with Crippen molar-refractivity contribution < 1.29 is 8.83 Å². The first-order valence-electron chi connectivity index (χ1n) is 23.7. The van der Waals surface area contributed by atoms with Gasteiger partial charge in [0.1, 0.15) is 11.3 Å². The largest absolute Gasteiger partial charge is 0.454 e. The van der Waals surface area contributed by atoms with Gasteiger partial charge in [-0.15, -0.1) is 0 Å². The zero-order valence-electron chi connectivity index (χ0n) is 40.0. The van der Waals surface area contributed by atoms with Crippen molar-refractivity contribution in [3.05, 3.63) is 191 Å². The van der Waals surface area contributed by atoms with E-state index in [9.17, 15) is 0 Å². The van der Waals surface area contributed by atoms with Gasteiger partial charge in [0.05, 0.1) is 22.7 Å². The number of benzene rings is 9. The second-order valence-electron chi connectivity index (χ2n) is 19.1. The fourth-order valence-corrected chi connectivity index (χ4v) is 11.0. The minimum absolute atomic E-state index is 0.279. The van der Waals surface area contributed by atoms with Gasteiger partial charge in [-0.1, -0.05) is 161 Å². The van der Waals surface area contributed by atoms with Gasteiger partial charge in [-0.25, -0.2) is 0 Å². The molecule has 0 fully saturated rings. The van der Waals surface area contributed by atoms with Crippen LogP contribution < -0.4 is 9.80 Å². The van der Waals surface area contributed by atoms with E-state index in [0.717, 1.165) is 83.7 Å². The minimum Gasteiger partial charge on any atom is -0.454 e. The molecule has 4 heteroatoms. The van der Waals surface area contributed by atoms with Crippen LogP contribution in [-0.4, -0.2) is 0 Å². The number of furan rings is 2. The van der Waals surface area contributed by atoms with Crippen LogP contribution in [0.25, 0.3) is 76.9 Å². The molecule has 11 aromatic rings. The summed E-state index contributed by atoms with van der Waals surface area (Å²) in [5.41, 5.74) is 17.3. The lowest BCUT2D eigenvalue weighted by molar-refractivity contribution is 0.588. The van der Waals surface area contributed by atoms with Crippen LogP contribution in [0.2, 0.25) is 0 Å². The van der Waals surface area contributed by atoms with Crippen LogP contribution in [-0.2, 0) is 0 Å². The second kappa shape index (κ2) is 16.1. The molecule has 0 spiro atoms. The Balaban J connectivity index is 1.20. The van der Waals surface area contributed by atoms with Crippen molar-refractivity contribution >= 4 is 111 Å². The molecule has 0 aliphatic heterocycles. The average Bonchev–Trinajstić information content (AvgIpc) is 3.89. The Morgan fingerprint density at radius 2 is 0.970 bits per heavy atom. The fourth-order valence-electron chi connectivity index (χ4n) is 11.0. The van der Waals surface area contributed by atoms with Crippen molar-refractivity contribution in [2.75, 3.05) is 9.80 Å². The summed E-state index contributed by atoms with van der Waals surface area (Å²) in [4.78, 5) is 4.86. The fraction of sp³-hybridized carbons (Fsp3) is 0.175. The monoisotopic (exact) mass is 872 g/mol. The average molecular weight is 873 g/mol. The van der Waals surface area contributed by atoms with Gasteiger partial charge >= 0.3 is 0 Å². The zero-order chi connectivity index (χ0) is 46.4. The molecule has 0 radical (unpaired) electrons. The summed E-state index contributed by atoms with van der Waals surface area (Å²) in [6.45, 7) is 24.1. The Morgan fingerprint density at radius 1 is 0.493 bits per heavy atom. The van der Waals surface area contributed by atoms with E-state index in [1.54, 1.807) is 0 Å². The molecule has 0 amide bonds. The van der Waals surface area contributed by atoms with Crippen LogP contribution in [0.4, 0.5) is 34.1 Å². The topological polar surface area (TPSA) is 32.8 Å². The highest BCUT2D eigenvalue weighted by molar-refractivity contribution is 6.28. The molecule has 0 bridgehead atoms. The molecule has 2 aromatic heterocycles. The minimum atomic E-state index is 0.279. The zero-order valence-corrected chi connectivity index (χ0v) is 40.0. The van der Waals surface area contributed by atoms with Crippen LogP contribution in [0.5, 0.6) is 0 Å². The third-order valence-corrected chi connectivity index (χ3v) is 14.1. The van der Waals surface area contributed by atoms with Crippen molar-refractivity contribution in [2.24, 2.45) is 5.92 Å². The summed E-state index contributed by atoms with van der Waals surface area (Å²) < 4.78 is 14.1. The summed E-state index contributed by atoms with van der Waals surface area (Å²) >= 11 is 0. The maximum Gasteiger partial charge on any atom is 0.159 e. The molecule has 0 saturated heterocycles. The molecule has 4 nitrogen and oxygen atoms in total. The Labute approximate surface area is 393 Å². The molecule has 0 unspecified atom stereocenters. The normalized spacial score (nSPS) is 12.4. The molecule has 0 aliphatic rings. The van der Waals surface area contributed by atoms with E-state index in [2.05, 4.69) is 224 Å². The van der Waals surface area contributed by atoms with Crippen molar-refractivity contribution in [2.45, 2.75) is 68.2 Å². The number of hydrogen-bond acceptors (Lipinski definition) is 4. The second-order valence-corrected chi connectivity index (χ2v) is 19.1. The van der Waals surface area contributed by atoms with Gasteiger partial charge in [0, 0.05) is 43.9 Å². The van der Waals surface area contributed by atoms with E-state index in [4.69, 9.17) is 8.83 Å².